The summed E-state index contributed by atoms with van der Waals surface area (Å²) in [5, 5.41) is 6.90. The first-order chi connectivity index (χ1) is 11.8. The van der Waals surface area contributed by atoms with Crippen LogP contribution in [0.25, 0.3) is 0 Å². The van der Waals surface area contributed by atoms with Crippen molar-refractivity contribution in [2.45, 2.75) is 19.1 Å². The van der Waals surface area contributed by atoms with Gasteiger partial charge in [0.05, 0.1) is 5.71 Å². The Labute approximate surface area is 139 Å². The normalized spacial score (nSPS) is 18.0. The second kappa shape index (κ2) is 6.23. The second-order valence-corrected chi connectivity index (χ2v) is 5.61. The lowest BCUT2D eigenvalue weighted by Gasteiger charge is -2.10. The smallest absolute Gasteiger partial charge is 0.264 e. The van der Waals surface area contributed by atoms with Gasteiger partial charge in [0.1, 0.15) is 0 Å². The molecule has 0 saturated carbocycles. The largest absolute Gasteiger partial charge is 0.454 e. The summed E-state index contributed by atoms with van der Waals surface area (Å²) in [5.41, 5.74) is 2.71. The summed E-state index contributed by atoms with van der Waals surface area (Å²) in [6.45, 7) is 0.636. The molecule has 2 aromatic rings. The molecule has 0 aliphatic carbocycles. The summed E-state index contributed by atoms with van der Waals surface area (Å²) in [7, 11) is 0. The molecule has 0 radical (unpaired) electrons. The van der Waals surface area contributed by atoms with E-state index in [0.29, 0.717) is 18.7 Å². The molecule has 0 saturated heterocycles. The van der Waals surface area contributed by atoms with Crippen molar-refractivity contribution in [3.05, 3.63) is 59.7 Å². The fourth-order valence-electron chi connectivity index (χ4n) is 2.67. The molecule has 2 aliphatic heterocycles. The maximum Gasteiger partial charge on any atom is 0.264 e. The maximum atomic E-state index is 12.3. The number of amides is 1. The van der Waals surface area contributed by atoms with Crippen molar-refractivity contribution in [3.8, 4) is 11.5 Å². The summed E-state index contributed by atoms with van der Waals surface area (Å²) >= 11 is 0. The fourth-order valence-corrected chi connectivity index (χ4v) is 2.67. The fraction of sp³-hybridized carbons (Fsp3) is 0.222. The van der Waals surface area contributed by atoms with Crippen LogP contribution in [0.2, 0.25) is 0 Å². The highest BCUT2D eigenvalue weighted by Gasteiger charge is 2.28. The van der Waals surface area contributed by atoms with E-state index in [0.717, 1.165) is 22.6 Å². The molecule has 6 heteroatoms. The van der Waals surface area contributed by atoms with Crippen molar-refractivity contribution in [2.24, 2.45) is 5.16 Å². The van der Waals surface area contributed by atoms with Crippen LogP contribution in [0.3, 0.4) is 0 Å². The number of nitrogens with one attached hydrogen (secondary N) is 1. The number of hydrogen-bond donors (Lipinski definition) is 1. The molecule has 2 heterocycles. The molecule has 0 bridgehead atoms. The van der Waals surface area contributed by atoms with Crippen molar-refractivity contribution in [3.63, 3.8) is 0 Å². The van der Waals surface area contributed by atoms with Gasteiger partial charge in [-0.05, 0) is 23.3 Å². The number of carbonyl (C=O) groups is 1. The molecule has 1 atom stereocenters. The minimum atomic E-state index is -0.589. The Morgan fingerprint density at radius 3 is 2.83 bits per heavy atom. The van der Waals surface area contributed by atoms with Gasteiger partial charge in [0.15, 0.2) is 11.5 Å². The van der Waals surface area contributed by atoms with Crippen LogP contribution >= 0.6 is 0 Å². The van der Waals surface area contributed by atoms with Crippen LogP contribution in [0, 0.1) is 0 Å². The molecule has 0 aromatic heterocycles. The maximum absolute atomic E-state index is 12.3. The third-order valence-corrected chi connectivity index (χ3v) is 3.97. The number of rotatable bonds is 4. The first-order valence-electron chi connectivity index (χ1n) is 7.74. The van der Waals surface area contributed by atoms with Gasteiger partial charge in [-0.3, -0.25) is 4.79 Å². The highest BCUT2D eigenvalue weighted by atomic mass is 16.7. The first kappa shape index (κ1) is 14.6. The third kappa shape index (κ3) is 2.90. The molecule has 24 heavy (non-hydrogen) atoms. The van der Waals surface area contributed by atoms with Gasteiger partial charge in [-0.1, -0.05) is 41.6 Å². The number of fused-ring (bicyclic) bond motifs is 1. The predicted octanol–water partition coefficient (Wildman–Crippen LogP) is 2.22. The Morgan fingerprint density at radius 2 is 1.96 bits per heavy atom. The SMILES string of the molecule is O=C(NCc1ccc2c(c1)OCO2)[C@H]1CC(c2ccccc2)=NO1. The Bertz CT molecular complexity index is 789. The van der Waals surface area contributed by atoms with Gasteiger partial charge in [0.2, 0.25) is 12.9 Å². The van der Waals surface area contributed by atoms with Crippen molar-refractivity contribution in [1.82, 2.24) is 5.32 Å². The summed E-state index contributed by atoms with van der Waals surface area (Å²) in [6, 6.07) is 15.3. The van der Waals surface area contributed by atoms with Crippen molar-refractivity contribution >= 4 is 11.6 Å². The Hall–Kier alpha value is -3.02. The molecule has 0 fully saturated rings. The van der Waals surface area contributed by atoms with Crippen molar-refractivity contribution in [2.75, 3.05) is 6.79 Å². The van der Waals surface area contributed by atoms with E-state index in [9.17, 15) is 4.79 Å². The summed E-state index contributed by atoms with van der Waals surface area (Å²) in [4.78, 5) is 17.5. The molecule has 0 spiro atoms. The lowest BCUT2D eigenvalue weighted by molar-refractivity contribution is -0.131. The van der Waals surface area contributed by atoms with Gasteiger partial charge in [-0.2, -0.15) is 0 Å². The zero-order valence-corrected chi connectivity index (χ0v) is 12.9. The van der Waals surface area contributed by atoms with Crippen molar-refractivity contribution in [1.29, 1.82) is 0 Å². The van der Waals surface area contributed by atoms with Gasteiger partial charge in [-0.25, -0.2) is 0 Å². The molecular formula is C18H16N2O4. The zero-order chi connectivity index (χ0) is 16.4. The van der Waals surface area contributed by atoms with Gasteiger partial charge in [-0.15, -0.1) is 0 Å². The van der Waals surface area contributed by atoms with Crippen LogP contribution in [0.4, 0.5) is 0 Å². The zero-order valence-electron chi connectivity index (χ0n) is 12.9. The van der Waals surface area contributed by atoms with Gasteiger partial charge in [0, 0.05) is 13.0 Å². The first-order valence-corrected chi connectivity index (χ1v) is 7.74. The summed E-state index contributed by atoms with van der Waals surface area (Å²) in [6.07, 6.45) is -0.119. The molecule has 1 N–H and O–H groups in total. The minimum absolute atomic E-state index is 0.178. The Morgan fingerprint density at radius 1 is 1.12 bits per heavy atom. The molecule has 0 unspecified atom stereocenters. The van der Waals surface area contributed by atoms with Gasteiger partial charge < -0.3 is 19.6 Å². The van der Waals surface area contributed by atoms with Crippen LogP contribution in [0.1, 0.15) is 17.5 Å². The third-order valence-electron chi connectivity index (χ3n) is 3.97. The lowest BCUT2D eigenvalue weighted by atomic mass is 10.0. The van der Waals surface area contributed by atoms with E-state index in [-0.39, 0.29) is 12.7 Å². The molecular weight excluding hydrogens is 308 g/mol. The number of carbonyl (C=O) groups excluding carboxylic acids is 1. The van der Waals surface area contributed by atoms with Crippen molar-refractivity contribution < 1.29 is 19.1 Å². The molecule has 6 nitrogen and oxygen atoms in total. The van der Waals surface area contributed by atoms with Gasteiger partial charge >= 0.3 is 0 Å². The minimum Gasteiger partial charge on any atom is -0.454 e. The van der Waals surface area contributed by atoms with E-state index in [1.54, 1.807) is 0 Å². The number of hydrogen-bond acceptors (Lipinski definition) is 5. The Balaban J connectivity index is 1.33. The van der Waals surface area contributed by atoms with Crippen LogP contribution < -0.4 is 14.8 Å². The highest BCUT2D eigenvalue weighted by Crippen LogP contribution is 2.32. The van der Waals surface area contributed by atoms with Crippen LogP contribution in [-0.4, -0.2) is 24.5 Å². The number of ether oxygens (including phenoxy) is 2. The van der Waals surface area contributed by atoms with E-state index in [1.165, 1.54) is 0 Å². The highest BCUT2D eigenvalue weighted by molar-refractivity contribution is 6.04. The van der Waals surface area contributed by atoms with Crippen LogP contribution in [-0.2, 0) is 16.2 Å². The molecule has 1 amide bonds. The monoisotopic (exact) mass is 324 g/mol. The topological polar surface area (TPSA) is 69.2 Å². The van der Waals surface area contributed by atoms with E-state index < -0.39 is 6.10 Å². The second-order valence-electron chi connectivity index (χ2n) is 5.61. The van der Waals surface area contributed by atoms with E-state index in [2.05, 4.69) is 10.5 Å². The predicted molar refractivity (Wildman–Crippen MR) is 86.9 cm³/mol. The number of benzene rings is 2. The quantitative estimate of drug-likeness (QED) is 0.936. The molecule has 122 valence electrons. The number of oxime groups is 1. The Kier molecular flexibility index (Phi) is 3.78. The van der Waals surface area contributed by atoms with E-state index in [1.807, 2.05) is 48.5 Å². The average Bonchev–Trinajstić information content (AvgIpc) is 3.29. The van der Waals surface area contributed by atoms with Crippen LogP contribution in [0.15, 0.2) is 53.7 Å². The summed E-state index contributed by atoms with van der Waals surface area (Å²) < 4.78 is 10.6. The molecule has 4 rings (SSSR count). The molecule has 2 aliphatic rings. The molecule has 2 aromatic carbocycles. The van der Waals surface area contributed by atoms with E-state index >= 15 is 0 Å². The summed E-state index contributed by atoms with van der Waals surface area (Å²) in [5.74, 6) is 1.25. The van der Waals surface area contributed by atoms with E-state index in [4.69, 9.17) is 14.3 Å². The standard InChI is InChI=1S/C18H16N2O4/c21-18(17-9-14(20-24-17)13-4-2-1-3-5-13)19-10-12-6-7-15-16(8-12)23-11-22-15/h1-8,17H,9-11H2,(H,19,21)/t17-/m1/s1. The lowest BCUT2D eigenvalue weighted by Crippen LogP contribution is -2.34. The van der Waals surface area contributed by atoms with Crippen LogP contribution in [0.5, 0.6) is 11.5 Å². The van der Waals surface area contributed by atoms with Gasteiger partial charge in [0.25, 0.3) is 5.91 Å². The number of nitrogens with zero attached hydrogens (tertiary/aromatic N) is 1. The average molecular weight is 324 g/mol.